The van der Waals surface area contributed by atoms with E-state index in [-0.39, 0.29) is 54.7 Å². The number of nitro groups is 1. The SMILES string of the molecule is COC(=O)CC[C@H]1C(=O)N(Cc2ccc(O)cc2)C(c2ccc(OC)cc2)=CN1c1ccc(C(=O)NC[C@@H]2CCCO2)cc1[N+](=O)[O-]. The lowest BCUT2D eigenvalue weighted by Crippen LogP contribution is -2.50. The van der Waals surface area contributed by atoms with E-state index in [0.29, 0.717) is 23.6 Å². The minimum Gasteiger partial charge on any atom is -0.508 e. The van der Waals surface area contributed by atoms with Gasteiger partial charge in [-0.25, -0.2) is 0 Å². The fourth-order valence-corrected chi connectivity index (χ4v) is 5.65. The van der Waals surface area contributed by atoms with Crippen LogP contribution in [0, 0.1) is 10.1 Å². The van der Waals surface area contributed by atoms with Crippen LogP contribution >= 0.6 is 0 Å². The molecular weight excluding hydrogens is 608 g/mol. The van der Waals surface area contributed by atoms with Crippen molar-refractivity contribution < 1.29 is 38.6 Å². The minimum absolute atomic E-state index is 0.00917. The molecule has 2 aliphatic rings. The number of amides is 2. The van der Waals surface area contributed by atoms with Gasteiger partial charge in [-0.05, 0) is 73.4 Å². The second-order valence-electron chi connectivity index (χ2n) is 11.2. The van der Waals surface area contributed by atoms with Crippen molar-refractivity contribution in [1.82, 2.24) is 10.2 Å². The first-order chi connectivity index (χ1) is 22.7. The van der Waals surface area contributed by atoms with E-state index < -0.39 is 28.7 Å². The van der Waals surface area contributed by atoms with E-state index in [1.807, 2.05) is 0 Å². The molecule has 47 heavy (non-hydrogen) atoms. The third-order valence-corrected chi connectivity index (χ3v) is 8.18. The highest BCUT2D eigenvalue weighted by atomic mass is 16.6. The van der Waals surface area contributed by atoms with E-state index in [2.05, 4.69) is 5.32 Å². The Morgan fingerprint density at radius 1 is 1.09 bits per heavy atom. The average Bonchev–Trinajstić information content (AvgIpc) is 3.62. The number of ether oxygens (including phenoxy) is 3. The predicted molar refractivity (Wildman–Crippen MR) is 172 cm³/mol. The molecular formula is C34H36N4O9. The Bertz CT molecular complexity index is 1650. The zero-order chi connectivity index (χ0) is 33.5. The molecule has 5 rings (SSSR count). The molecule has 0 spiro atoms. The number of hydrogen-bond donors (Lipinski definition) is 2. The lowest BCUT2D eigenvalue weighted by molar-refractivity contribution is -0.384. The fraction of sp³-hybridized carbons (Fsp3) is 0.324. The predicted octanol–water partition coefficient (Wildman–Crippen LogP) is 4.39. The number of nitrogens with zero attached hydrogens (tertiary/aromatic N) is 3. The molecule has 1 saturated heterocycles. The first kappa shape index (κ1) is 32.9. The molecule has 13 heteroatoms. The van der Waals surface area contributed by atoms with Crippen LogP contribution in [0.4, 0.5) is 11.4 Å². The van der Waals surface area contributed by atoms with Crippen LogP contribution in [-0.4, -0.2) is 72.2 Å². The molecule has 246 valence electrons. The number of phenolic OH excluding ortho intramolecular Hbond substituents is 1. The summed E-state index contributed by atoms with van der Waals surface area (Å²) in [5.74, 6) is -0.772. The van der Waals surface area contributed by atoms with Gasteiger partial charge in [0.05, 0.1) is 37.5 Å². The molecule has 0 aromatic heterocycles. The minimum atomic E-state index is -1.04. The third-order valence-electron chi connectivity index (χ3n) is 8.18. The van der Waals surface area contributed by atoms with Gasteiger partial charge in [-0.3, -0.25) is 24.5 Å². The van der Waals surface area contributed by atoms with Crippen LogP contribution in [0.2, 0.25) is 0 Å². The highest BCUT2D eigenvalue weighted by molar-refractivity contribution is 5.99. The molecule has 3 aromatic rings. The maximum Gasteiger partial charge on any atom is 0.305 e. The van der Waals surface area contributed by atoms with Gasteiger partial charge in [-0.2, -0.15) is 0 Å². The van der Waals surface area contributed by atoms with Gasteiger partial charge >= 0.3 is 5.97 Å². The second kappa shape index (κ2) is 14.8. The van der Waals surface area contributed by atoms with Crippen molar-refractivity contribution in [2.24, 2.45) is 0 Å². The Morgan fingerprint density at radius 2 is 1.83 bits per heavy atom. The summed E-state index contributed by atoms with van der Waals surface area (Å²) in [5.41, 5.74) is 1.56. The summed E-state index contributed by atoms with van der Waals surface area (Å²) < 4.78 is 15.7. The molecule has 1 fully saturated rings. The van der Waals surface area contributed by atoms with Crippen molar-refractivity contribution >= 4 is 34.9 Å². The number of hydrogen-bond acceptors (Lipinski definition) is 10. The van der Waals surface area contributed by atoms with Crippen LogP contribution in [0.15, 0.2) is 72.9 Å². The molecule has 13 nitrogen and oxygen atoms in total. The molecule has 0 radical (unpaired) electrons. The van der Waals surface area contributed by atoms with Gasteiger partial charge in [0.2, 0.25) is 5.91 Å². The summed E-state index contributed by atoms with van der Waals surface area (Å²) in [6.07, 6.45) is 3.14. The van der Waals surface area contributed by atoms with E-state index in [4.69, 9.17) is 14.2 Å². The highest BCUT2D eigenvalue weighted by Crippen LogP contribution is 2.38. The molecule has 2 heterocycles. The van der Waals surface area contributed by atoms with Crippen LogP contribution in [0.25, 0.3) is 5.70 Å². The topological polar surface area (TPSA) is 161 Å². The monoisotopic (exact) mass is 644 g/mol. The quantitative estimate of drug-likeness (QED) is 0.164. The van der Waals surface area contributed by atoms with Crippen molar-refractivity contribution in [2.75, 3.05) is 32.3 Å². The van der Waals surface area contributed by atoms with Crippen LogP contribution in [-0.2, 0) is 25.6 Å². The number of phenols is 1. The molecule has 3 aromatic carbocycles. The number of nitro benzene ring substituents is 1. The summed E-state index contributed by atoms with van der Waals surface area (Å²) in [4.78, 5) is 54.5. The van der Waals surface area contributed by atoms with Gasteiger partial charge in [0.25, 0.3) is 11.6 Å². The van der Waals surface area contributed by atoms with Crippen molar-refractivity contribution in [3.05, 3.63) is 99.7 Å². The molecule has 0 saturated carbocycles. The number of methoxy groups -OCH3 is 2. The maximum atomic E-state index is 14.4. The van der Waals surface area contributed by atoms with Gasteiger partial charge in [0.15, 0.2) is 0 Å². The summed E-state index contributed by atoms with van der Waals surface area (Å²) >= 11 is 0. The smallest absolute Gasteiger partial charge is 0.305 e. The molecule has 0 bridgehead atoms. The molecule has 0 unspecified atom stereocenters. The van der Waals surface area contributed by atoms with Gasteiger partial charge in [0, 0.05) is 43.0 Å². The van der Waals surface area contributed by atoms with E-state index in [0.717, 1.165) is 18.4 Å². The Kier molecular flexibility index (Phi) is 10.4. The number of benzene rings is 3. The Balaban J connectivity index is 1.58. The number of aromatic hydroxyl groups is 1. The molecule has 0 aliphatic carbocycles. The third kappa shape index (κ3) is 7.69. The Hall–Kier alpha value is -5.43. The van der Waals surface area contributed by atoms with Crippen molar-refractivity contribution in [3.63, 3.8) is 0 Å². The number of anilines is 1. The number of carbonyl (C=O) groups excluding carboxylic acids is 3. The number of carbonyl (C=O) groups is 3. The van der Waals surface area contributed by atoms with E-state index in [1.54, 1.807) is 47.5 Å². The highest BCUT2D eigenvalue weighted by Gasteiger charge is 2.39. The first-order valence-corrected chi connectivity index (χ1v) is 15.2. The van der Waals surface area contributed by atoms with E-state index in [9.17, 15) is 29.6 Å². The number of nitrogens with one attached hydrogen (secondary N) is 1. The van der Waals surface area contributed by atoms with Gasteiger partial charge in [-0.1, -0.05) is 12.1 Å². The van der Waals surface area contributed by atoms with Crippen LogP contribution in [0.1, 0.15) is 47.2 Å². The summed E-state index contributed by atoms with van der Waals surface area (Å²) in [5, 5.41) is 25.1. The fourth-order valence-electron chi connectivity index (χ4n) is 5.65. The summed E-state index contributed by atoms with van der Waals surface area (Å²) in [6, 6.07) is 16.5. The van der Waals surface area contributed by atoms with E-state index in [1.165, 1.54) is 49.5 Å². The van der Waals surface area contributed by atoms with Crippen LogP contribution < -0.4 is 15.0 Å². The van der Waals surface area contributed by atoms with Crippen molar-refractivity contribution in [3.8, 4) is 11.5 Å². The zero-order valence-electron chi connectivity index (χ0n) is 26.1. The van der Waals surface area contributed by atoms with Crippen LogP contribution in [0.5, 0.6) is 11.5 Å². The molecule has 2 N–H and O–H groups in total. The Morgan fingerprint density at radius 3 is 2.47 bits per heavy atom. The normalized spacial score (nSPS) is 17.7. The van der Waals surface area contributed by atoms with Crippen molar-refractivity contribution in [2.45, 2.75) is 44.4 Å². The van der Waals surface area contributed by atoms with Crippen LogP contribution in [0.3, 0.4) is 0 Å². The maximum absolute atomic E-state index is 14.4. The second-order valence-corrected chi connectivity index (χ2v) is 11.2. The summed E-state index contributed by atoms with van der Waals surface area (Å²) in [7, 11) is 2.78. The van der Waals surface area contributed by atoms with Gasteiger partial charge in [-0.15, -0.1) is 0 Å². The van der Waals surface area contributed by atoms with Gasteiger partial charge < -0.3 is 34.4 Å². The number of rotatable bonds is 12. The van der Waals surface area contributed by atoms with E-state index >= 15 is 0 Å². The average molecular weight is 645 g/mol. The lowest BCUT2D eigenvalue weighted by atomic mass is 9.99. The summed E-state index contributed by atoms with van der Waals surface area (Å²) in [6.45, 7) is 1.03. The molecule has 2 atom stereocenters. The standard InChI is InChI=1S/C34H36N4O9/c1-45-26-12-7-23(8-13-26)31-21-36(28-14-9-24(18-30(28)38(43)44)33(41)35-19-27-4-3-17-47-27)29(15-16-32(40)46-2)34(42)37(31)20-22-5-10-25(39)11-6-22/h5-14,18,21,27,29,39H,3-4,15-17,19-20H2,1-2H3,(H,35,41)/t27-,29-/m0/s1. The largest absolute Gasteiger partial charge is 0.508 e. The van der Waals surface area contributed by atoms with Crippen molar-refractivity contribution in [1.29, 1.82) is 0 Å². The zero-order valence-corrected chi connectivity index (χ0v) is 26.1. The Labute approximate surface area is 271 Å². The first-order valence-electron chi connectivity index (χ1n) is 15.2. The van der Waals surface area contributed by atoms with Gasteiger partial charge in [0.1, 0.15) is 23.2 Å². The number of esters is 1. The molecule has 2 amide bonds. The lowest BCUT2D eigenvalue weighted by Gasteiger charge is -2.40. The molecule has 2 aliphatic heterocycles.